The molecule has 0 radical (unpaired) electrons. The van der Waals surface area contributed by atoms with Crippen LogP contribution in [0.1, 0.15) is 31.9 Å². The highest BCUT2D eigenvalue weighted by Crippen LogP contribution is 2.40. The standard InChI is InChI=1S/C16H26O2Si/c1-12-10-9-11-14(15(12)17-6)13(2)18-19(7,8)16(3,4)5/h9-11H,2H2,1,3-8H3. The lowest BCUT2D eigenvalue weighted by atomic mass is 10.1. The van der Waals surface area contributed by atoms with Crippen molar-refractivity contribution in [2.75, 3.05) is 7.11 Å². The number of rotatable bonds is 4. The zero-order valence-corrected chi connectivity index (χ0v) is 14.3. The molecule has 3 heteroatoms. The summed E-state index contributed by atoms with van der Waals surface area (Å²) in [6.45, 7) is 17.2. The summed E-state index contributed by atoms with van der Waals surface area (Å²) in [5.41, 5.74) is 2.05. The summed E-state index contributed by atoms with van der Waals surface area (Å²) in [6, 6.07) is 6.04. The minimum Gasteiger partial charge on any atom is -0.543 e. The molecular weight excluding hydrogens is 252 g/mol. The average Bonchev–Trinajstić information content (AvgIpc) is 2.26. The summed E-state index contributed by atoms with van der Waals surface area (Å²) in [7, 11) is -0.173. The Hall–Kier alpha value is -1.22. The molecule has 0 heterocycles. The number of hydrogen-bond donors (Lipinski definition) is 0. The van der Waals surface area contributed by atoms with Gasteiger partial charge >= 0.3 is 0 Å². The molecule has 0 unspecified atom stereocenters. The van der Waals surface area contributed by atoms with Gasteiger partial charge in [-0.2, -0.15) is 0 Å². The first-order valence-electron chi connectivity index (χ1n) is 6.62. The number of ether oxygens (including phenoxy) is 1. The van der Waals surface area contributed by atoms with Gasteiger partial charge in [0.05, 0.1) is 12.7 Å². The van der Waals surface area contributed by atoms with Crippen molar-refractivity contribution in [3.05, 3.63) is 35.9 Å². The fourth-order valence-electron chi connectivity index (χ4n) is 1.66. The first-order chi connectivity index (χ1) is 8.60. The summed E-state index contributed by atoms with van der Waals surface area (Å²) < 4.78 is 11.7. The molecule has 0 bridgehead atoms. The van der Waals surface area contributed by atoms with Gasteiger partial charge in [-0.25, -0.2) is 0 Å². The zero-order valence-electron chi connectivity index (χ0n) is 13.3. The number of methoxy groups -OCH3 is 1. The largest absolute Gasteiger partial charge is 0.543 e. The summed E-state index contributed by atoms with van der Waals surface area (Å²) in [5, 5.41) is 0.160. The molecule has 106 valence electrons. The van der Waals surface area contributed by atoms with Crippen molar-refractivity contribution in [1.29, 1.82) is 0 Å². The monoisotopic (exact) mass is 278 g/mol. The molecule has 1 aromatic carbocycles. The third-order valence-electron chi connectivity index (χ3n) is 3.90. The van der Waals surface area contributed by atoms with E-state index in [0.29, 0.717) is 5.76 Å². The minimum atomic E-state index is -1.86. The van der Waals surface area contributed by atoms with Crippen LogP contribution in [0, 0.1) is 6.92 Å². The Bertz CT molecular complexity index is 470. The van der Waals surface area contributed by atoms with Gasteiger partial charge in [-0.05, 0) is 36.7 Å². The van der Waals surface area contributed by atoms with Crippen LogP contribution in [0.4, 0.5) is 0 Å². The van der Waals surface area contributed by atoms with Gasteiger partial charge in [0.25, 0.3) is 0 Å². The maximum Gasteiger partial charge on any atom is 0.250 e. The summed E-state index contributed by atoms with van der Waals surface area (Å²) in [6.07, 6.45) is 0. The molecule has 0 amide bonds. The molecule has 0 aliphatic rings. The number of benzene rings is 1. The molecule has 0 fully saturated rings. The number of aryl methyl sites for hydroxylation is 1. The van der Waals surface area contributed by atoms with Gasteiger partial charge in [0.15, 0.2) is 0 Å². The maximum atomic E-state index is 6.25. The van der Waals surface area contributed by atoms with E-state index in [1.165, 1.54) is 0 Å². The Morgan fingerprint density at radius 1 is 1.21 bits per heavy atom. The van der Waals surface area contributed by atoms with Crippen molar-refractivity contribution >= 4 is 14.1 Å². The Balaban J connectivity index is 3.07. The summed E-state index contributed by atoms with van der Waals surface area (Å²) >= 11 is 0. The third-order valence-corrected chi connectivity index (χ3v) is 8.27. The van der Waals surface area contributed by atoms with Crippen LogP contribution in [0.15, 0.2) is 24.8 Å². The van der Waals surface area contributed by atoms with Gasteiger partial charge in [-0.3, -0.25) is 0 Å². The first-order valence-corrected chi connectivity index (χ1v) is 9.53. The van der Waals surface area contributed by atoms with Crippen LogP contribution < -0.4 is 4.74 Å². The topological polar surface area (TPSA) is 18.5 Å². The average molecular weight is 278 g/mol. The van der Waals surface area contributed by atoms with Crippen molar-refractivity contribution in [3.63, 3.8) is 0 Å². The van der Waals surface area contributed by atoms with Gasteiger partial charge in [-0.1, -0.05) is 39.5 Å². The fraction of sp³-hybridized carbons (Fsp3) is 0.500. The van der Waals surface area contributed by atoms with E-state index in [4.69, 9.17) is 9.16 Å². The molecule has 2 nitrogen and oxygen atoms in total. The van der Waals surface area contributed by atoms with Gasteiger partial charge in [0.1, 0.15) is 11.5 Å². The lowest BCUT2D eigenvalue weighted by molar-refractivity contribution is 0.403. The lowest BCUT2D eigenvalue weighted by Crippen LogP contribution is -2.40. The Morgan fingerprint density at radius 2 is 1.79 bits per heavy atom. The molecule has 0 spiro atoms. The molecule has 0 aliphatic carbocycles. The van der Waals surface area contributed by atoms with Crippen LogP contribution in [-0.4, -0.2) is 15.4 Å². The van der Waals surface area contributed by atoms with E-state index >= 15 is 0 Å². The highest BCUT2D eigenvalue weighted by Gasteiger charge is 2.39. The van der Waals surface area contributed by atoms with Gasteiger partial charge < -0.3 is 9.16 Å². The van der Waals surface area contributed by atoms with Crippen LogP contribution >= 0.6 is 0 Å². The van der Waals surface area contributed by atoms with E-state index < -0.39 is 8.32 Å². The molecule has 0 atom stereocenters. The van der Waals surface area contributed by atoms with Gasteiger partial charge in [-0.15, -0.1) is 0 Å². The molecule has 0 saturated carbocycles. The molecule has 1 rings (SSSR count). The molecule has 0 saturated heterocycles. The Labute approximate surface area is 118 Å². The van der Waals surface area contributed by atoms with E-state index in [2.05, 4.69) is 40.4 Å². The van der Waals surface area contributed by atoms with Crippen LogP contribution in [0.2, 0.25) is 18.1 Å². The molecular formula is C16H26O2Si. The summed E-state index contributed by atoms with van der Waals surface area (Å²) in [4.78, 5) is 0. The van der Waals surface area contributed by atoms with Gasteiger partial charge in [0, 0.05) is 0 Å². The SMILES string of the molecule is C=C(O[Si](C)(C)C(C)(C)C)c1cccc(C)c1OC. The predicted molar refractivity (Wildman–Crippen MR) is 85.0 cm³/mol. The van der Waals surface area contributed by atoms with E-state index in [0.717, 1.165) is 16.9 Å². The maximum absolute atomic E-state index is 6.25. The predicted octanol–water partition coefficient (Wildman–Crippen LogP) is 5.00. The third kappa shape index (κ3) is 3.41. The minimum absolute atomic E-state index is 0.160. The van der Waals surface area contributed by atoms with Crippen LogP contribution in [0.3, 0.4) is 0 Å². The van der Waals surface area contributed by atoms with Crippen molar-refractivity contribution in [2.24, 2.45) is 0 Å². The number of para-hydroxylation sites is 1. The molecule has 19 heavy (non-hydrogen) atoms. The lowest BCUT2D eigenvalue weighted by Gasteiger charge is -2.37. The smallest absolute Gasteiger partial charge is 0.250 e. The van der Waals surface area contributed by atoms with Crippen molar-refractivity contribution in [1.82, 2.24) is 0 Å². The second-order valence-electron chi connectivity index (χ2n) is 6.44. The molecule has 1 aromatic rings. The van der Waals surface area contributed by atoms with Crippen molar-refractivity contribution in [2.45, 2.75) is 45.8 Å². The molecule has 0 aliphatic heterocycles. The first kappa shape index (κ1) is 15.8. The summed E-state index contributed by atoms with van der Waals surface area (Å²) in [5.74, 6) is 1.57. The van der Waals surface area contributed by atoms with Crippen LogP contribution in [0.25, 0.3) is 5.76 Å². The van der Waals surface area contributed by atoms with Crippen molar-refractivity contribution < 1.29 is 9.16 Å². The van der Waals surface area contributed by atoms with E-state index in [-0.39, 0.29) is 5.04 Å². The van der Waals surface area contributed by atoms with E-state index in [1.807, 2.05) is 25.1 Å². The Morgan fingerprint density at radius 3 is 2.26 bits per heavy atom. The van der Waals surface area contributed by atoms with E-state index in [1.54, 1.807) is 7.11 Å². The highest BCUT2D eigenvalue weighted by atomic mass is 28.4. The fourth-order valence-corrected chi connectivity index (χ4v) is 2.69. The van der Waals surface area contributed by atoms with E-state index in [9.17, 15) is 0 Å². The van der Waals surface area contributed by atoms with Crippen molar-refractivity contribution in [3.8, 4) is 5.75 Å². The second kappa shape index (κ2) is 5.41. The zero-order chi connectivity index (χ0) is 14.8. The quantitative estimate of drug-likeness (QED) is 0.570. The Kier molecular flexibility index (Phi) is 4.51. The van der Waals surface area contributed by atoms with Crippen LogP contribution in [-0.2, 0) is 4.43 Å². The molecule has 0 N–H and O–H groups in total. The molecule has 0 aromatic heterocycles. The second-order valence-corrected chi connectivity index (χ2v) is 11.2. The number of hydrogen-bond acceptors (Lipinski definition) is 2. The van der Waals surface area contributed by atoms with Gasteiger partial charge in [0.2, 0.25) is 8.32 Å². The highest BCUT2D eigenvalue weighted by molar-refractivity contribution is 6.74. The van der Waals surface area contributed by atoms with Crippen LogP contribution in [0.5, 0.6) is 5.75 Å². The normalized spacial score (nSPS) is 12.2.